The smallest absolute Gasteiger partial charge is 0.271 e. The molecule has 28 heavy (non-hydrogen) atoms. The highest BCUT2D eigenvalue weighted by Gasteiger charge is 2.06. The van der Waals surface area contributed by atoms with Crippen LogP contribution < -0.4 is 10.2 Å². The molecule has 0 bridgehead atoms. The molecule has 0 unspecified atom stereocenters. The molecule has 1 amide bonds. The van der Waals surface area contributed by atoms with E-state index in [-0.39, 0.29) is 11.7 Å². The van der Waals surface area contributed by atoms with E-state index >= 15 is 0 Å². The minimum absolute atomic E-state index is 0.0450. The van der Waals surface area contributed by atoms with E-state index in [9.17, 15) is 9.90 Å². The molecule has 0 saturated heterocycles. The first-order valence-corrected chi connectivity index (χ1v) is 9.31. The summed E-state index contributed by atoms with van der Waals surface area (Å²) in [5.41, 5.74) is 4.44. The van der Waals surface area contributed by atoms with E-state index in [1.54, 1.807) is 42.4 Å². The molecule has 2 aromatic carbocycles. The number of hydrogen-bond acceptors (Lipinski definition) is 7. The maximum atomic E-state index is 12.2. The number of benzene rings is 2. The highest BCUT2D eigenvalue weighted by molar-refractivity contribution is 7.98. The van der Waals surface area contributed by atoms with Gasteiger partial charge in [-0.1, -0.05) is 23.9 Å². The fourth-order valence-corrected chi connectivity index (χ4v) is 3.14. The molecular formula is C19H19N5O3S. The fourth-order valence-electron chi connectivity index (χ4n) is 2.29. The molecule has 0 aliphatic heterocycles. The molecule has 0 spiro atoms. The fraction of sp³-hybridized carbons (Fsp3) is 0.158. The third-order valence-corrected chi connectivity index (χ3v) is 4.96. The lowest BCUT2D eigenvalue weighted by molar-refractivity contribution is 0.0955. The second kappa shape index (κ2) is 9.05. The van der Waals surface area contributed by atoms with Crippen molar-refractivity contribution in [3.05, 3.63) is 65.5 Å². The molecule has 0 fully saturated rings. The Labute approximate surface area is 166 Å². The van der Waals surface area contributed by atoms with Gasteiger partial charge in [-0.3, -0.25) is 4.79 Å². The summed E-state index contributed by atoms with van der Waals surface area (Å²) in [7, 11) is 3.42. The van der Waals surface area contributed by atoms with Gasteiger partial charge in [0.25, 0.3) is 5.91 Å². The van der Waals surface area contributed by atoms with Gasteiger partial charge >= 0.3 is 0 Å². The Kier molecular flexibility index (Phi) is 6.28. The number of nitrogens with zero attached hydrogens (tertiary/aromatic N) is 4. The standard InChI is InChI=1S/C19H19N5O3S/c1-24-12-21-23-19(24)28-11-13-3-5-14(6-4-13)18(26)22-20-10-15-9-16(27-2)7-8-17(15)25/h3-10,12,25H,11H2,1-2H3,(H,22,26)/b20-10+. The Morgan fingerprint density at radius 2 is 2.11 bits per heavy atom. The molecule has 0 saturated carbocycles. The average molecular weight is 397 g/mol. The Hall–Kier alpha value is -3.33. The second-order valence-electron chi connectivity index (χ2n) is 5.83. The molecule has 9 heteroatoms. The molecule has 8 nitrogen and oxygen atoms in total. The summed E-state index contributed by atoms with van der Waals surface area (Å²) in [6, 6.07) is 12.0. The largest absolute Gasteiger partial charge is 0.507 e. The number of methoxy groups -OCH3 is 1. The third kappa shape index (κ3) is 4.89. The first-order chi connectivity index (χ1) is 13.6. The molecule has 3 aromatic rings. The Bertz CT molecular complexity index is 985. The summed E-state index contributed by atoms with van der Waals surface area (Å²) in [5, 5.41) is 22.4. The number of aryl methyl sites for hydroxylation is 1. The topological polar surface area (TPSA) is 102 Å². The molecule has 0 aliphatic carbocycles. The molecule has 2 N–H and O–H groups in total. The number of hydrazone groups is 1. The minimum atomic E-state index is -0.342. The molecule has 0 atom stereocenters. The van der Waals surface area contributed by atoms with Crippen molar-refractivity contribution in [2.45, 2.75) is 10.9 Å². The van der Waals surface area contributed by atoms with Crippen molar-refractivity contribution in [1.29, 1.82) is 0 Å². The van der Waals surface area contributed by atoms with Crippen LogP contribution in [-0.4, -0.2) is 39.1 Å². The number of phenolic OH excluding ortho intramolecular Hbond substituents is 1. The maximum absolute atomic E-state index is 12.2. The SMILES string of the molecule is COc1ccc(O)c(/C=N/NC(=O)c2ccc(CSc3nncn3C)cc2)c1. The molecule has 3 rings (SSSR count). The highest BCUT2D eigenvalue weighted by atomic mass is 32.2. The van der Waals surface area contributed by atoms with Crippen molar-refractivity contribution in [2.75, 3.05) is 7.11 Å². The zero-order chi connectivity index (χ0) is 19.9. The normalized spacial score (nSPS) is 10.9. The van der Waals surface area contributed by atoms with Crippen LogP contribution in [0.5, 0.6) is 11.5 Å². The van der Waals surface area contributed by atoms with E-state index < -0.39 is 0 Å². The van der Waals surface area contributed by atoms with Crippen LogP contribution >= 0.6 is 11.8 Å². The van der Waals surface area contributed by atoms with Crippen LogP contribution in [0.2, 0.25) is 0 Å². The van der Waals surface area contributed by atoms with Gasteiger partial charge in [-0.15, -0.1) is 10.2 Å². The van der Waals surface area contributed by atoms with Gasteiger partial charge in [0, 0.05) is 23.9 Å². The quantitative estimate of drug-likeness (QED) is 0.361. The van der Waals surface area contributed by atoms with Gasteiger partial charge < -0.3 is 14.4 Å². The van der Waals surface area contributed by atoms with E-state index in [4.69, 9.17) is 4.74 Å². The van der Waals surface area contributed by atoms with Gasteiger partial charge in [0.2, 0.25) is 0 Å². The van der Waals surface area contributed by atoms with E-state index in [2.05, 4.69) is 20.7 Å². The predicted molar refractivity (Wildman–Crippen MR) is 107 cm³/mol. The van der Waals surface area contributed by atoms with Crippen molar-refractivity contribution in [3.8, 4) is 11.5 Å². The minimum Gasteiger partial charge on any atom is -0.507 e. The Morgan fingerprint density at radius 3 is 2.79 bits per heavy atom. The predicted octanol–water partition coefficient (Wildman–Crippen LogP) is 2.59. The van der Waals surface area contributed by atoms with E-state index in [0.717, 1.165) is 16.5 Å². The van der Waals surface area contributed by atoms with Crippen molar-refractivity contribution in [3.63, 3.8) is 0 Å². The van der Waals surface area contributed by atoms with Crippen molar-refractivity contribution >= 4 is 23.9 Å². The number of rotatable bonds is 7. The van der Waals surface area contributed by atoms with Gasteiger partial charge in [-0.05, 0) is 35.9 Å². The maximum Gasteiger partial charge on any atom is 0.271 e. The summed E-state index contributed by atoms with van der Waals surface area (Å²) in [6.45, 7) is 0. The van der Waals surface area contributed by atoms with Crippen molar-refractivity contribution in [1.82, 2.24) is 20.2 Å². The molecular weight excluding hydrogens is 378 g/mol. The van der Waals surface area contributed by atoms with Crippen LogP contribution in [0, 0.1) is 0 Å². The van der Waals surface area contributed by atoms with Crippen molar-refractivity contribution < 1.29 is 14.6 Å². The van der Waals surface area contributed by atoms with E-state index in [1.807, 2.05) is 23.7 Å². The van der Waals surface area contributed by atoms with E-state index in [1.165, 1.54) is 19.4 Å². The zero-order valence-corrected chi connectivity index (χ0v) is 16.2. The summed E-state index contributed by atoms with van der Waals surface area (Å²) in [5.74, 6) is 1.01. The van der Waals surface area contributed by atoms with Gasteiger partial charge in [0.15, 0.2) is 5.16 Å². The number of phenols is 1. The summed E-state index contributed by atoms with van der Waals surface area (Å²) >= 11 is 1.57. The summed E-state index contributed by atoms with van der Waals surface area (Å²) < 4.78 is 6.95. The molecule has 0 aliphatic rings. The third-order valence-electron chi connectivity index (χ3n) is 3.86. The summed E-state index contributed by atoms with van der Waals surface area (Å²) in [6.07, 6.45) is 3.02. The number of carbonyl (C=O) groups is 1. The van der Waals surface area contributed by atoms with E-state index in [0.29, 0.717) is 16.9 Å². The van der Waals surface area contributed by atoms with Crippen LogP contribution in [-0.2, 0) is 12.8 Å². The number of aromatic hydroxyl groups is 1. The number of thioether (sulfide) groups is 1. The monoisotopic (exact) mass is 397 g/mol. The number of aromatic nitrogens is 3. The first kappa shape index (κ1) is 19.4. The van der Waals surface area contributed by atoms with Crippen LogP contribution in [0.1, 0.15) is 21.5 Å². The van der Waals surface area contributed by atoms with Gasteiger partial charge in [-0.2, -0.15) is 5.10 Å². The average Bonchev–Trinajstić information content (AvgIpc) is 3.13. The lowest BCUT2D eigenvalue weighted by Gasteiger charge is -2.04. The van der Waals surface area contributed by atoms with Crippen LogP contribution in [0.15, 0.2) is 59.0 Å². The zero-order valence-electron chi connectivity index (χ0n) is 15.4. The lowest BCUT2D eigenvalue weighted by Crippen LogP contribution is -2.17. The number of carbonyl (C=O) groups excluding carboxylic acids is 1. The van der Waals surface area contributed by atoms with Gasteiger partial charge in [0.1, 0.15) is 17.8 Å². The van der Waals surface area contributed by atoms with Crippen molar-refractivity contribution in [2.24, 2.45) is 12.1 Å². The van der Waals surface area contributed by atoms with Gasteiger partial charge in [0.05, 0.1) is 13.3 Å². The first-order valence-electron chi connectivity index (χ1n) is 8.33. The van der Waals surface area contributed by atoms with Crippen LogP contribution in [0.3, 0.4) is 0 Å². The summed E-state index contributed by atoms with van der Waals surface area (Å²) in [4.78, 5) is 12.2. The Balaban J connectivity index is 1.56. The Morgan fingerprint density at radius 1 is 1.32 bits per heavy atom. The number of hydrogen-bond donors (Lipinski definition) is 2. The lowest BCUT2D eigenvalue weighted by atomic mass is 10.1. The van der Waals surface area contributed by atoms with Gasteiger partial charge in [-0.25, -0.2) is 5.43 Å². The highest BCUT2D eigenvalue weighted by Crippen LogP contribution is 2.21. The molecule has 144 valence electrons. The molecule has 1 heterocycles. The van der Waals surface area contributed by atoms with Crippen LogP contribution in [0.4, 0.5) is 0 Å². The molecule has 0 radical (unpaired) electrons. The molecule has 1 aromatic heterocycles. The number of amides is 1. The van der Waals surface area contributed by atoms with Crippen LogP contribution in [0.25, 0.3) is 0 Å². The number of ether oxygens (including phenoxy) is 1. The second-order valence-corrected chi connectivity index (χ2v) is 6.78. The number of nitrogens with one attached hydrogen (secondary N) is 1.